The number of rotatable bonds is 4. The molecule has 0 N–H and O–H groups in total. The number of amides is 2. The number of esters is 1. The van der Waals surface area contributed by atoms with Gasteiger partial charge in [-0.05, 0) is 72.1 Å². The van der Waals surface area contributed by atoms with Crippen molar-refractivity contribution in [1.29, 1.82) is 0 Å². The number of hydrogen-bond donors (Lipinski definition) is 0. The molecule has 0 aliphatic carbocycles. The summed E-state index contributed by atoms with van der Waals surface area (Å²) in [4.78, 5) is 40.3. The first-order chi connectivity index (χ1) is 12.8. The average molecular weight is 435 g/mol. The van der Waals surface area contributed by atoms with E-state index in [-0.39, 0.29) is 31.4 Å². The van der Waals surface area contributed by atoms with Gasteiger partial charge in [-0.1, -0.05) is 0 Å². The van der Waals surface area contributed by atoms with E-state index >= 15 is 0 Å². The third kappa shape index (κ3) is 3.75. The van der Waals surface area contributed by atoms with E-state index in [1.54, 1.807) is 25.1 Å². The van der Waals surface area contributed by atoms with Gasteiger partial charge in [0.05, 0.1) is 18.0 Å². The van der Waals surface area contributed by atoms with Crippen LogP contribution in [0, 0.1) is 13.8 Å². The highest BCUT2D eigenvalue weighted by Crippen LogP contribution is 2.37. The van der Waals surface area contributed by atoms with Gasteiger partial charge in [0.15, 0.2) is 10.4 Å². The van der Waals surface area contributed by atoms with E-state index in [0.717, 1.165) is 11.1 Å². The molecule has 8 heteroatoms. The van der Waals surface area contributed by atoms with Gasteiger partial charge < -0.3 is 9.15 Å². The summed E-state index contributed by atoms with van der Waals surface area (Å²) in [5.41, 5.74) is 2.98. The van der Waals surface area contributed by atoms with Crippen molar-refractivity contribution >= 4 is 45.1 Å². The van der Waals surface area contributed by atoms with Crippen molar-refractivity contribution in [1.82, 2.24) is 0 Å². The molecule has 142 valence electrons. The van der Waals surface area contributed by atoms with E-state index in [4.69, 9.17) is 9.15 Å². The number of fused-ring (bicyclic) bond motifs is 1. The Morgan fingerprint density at radius 3 is 2.44 bits per heavy atom. The number of anilines is 2. The Hall–Kier alpha value is -2.61. The number of carbonyl (C=O) groups is 3. The van der Waals surface area contributed by atoms with Crippen LogP contribution in [0.15, 0.2) is 33.4 Å². The summed E-state index contributed by atoms with van der Waals surface area (Å²) in [7, 11) is 0. The molecule has 0 spiro atoms. The van der Waals surface area contributed by atoms with Crippen molar-refractivity contribution in [2.24, 2.45) is 0 Å². The molecule has 0 radical (unpaired) electrons. The van der Waals surface area contributed by atoms with Gasteiger partial charge >= 0.3 is 5.97 Å². The van der Waals surface area contributed by atoms with Gasteiger partial charge in [-0.25, -0.2) is 0 Å². The topological polar surface area (TPSA) is 80.1 Å². The smallest absolute Gasteiger partial charge is 0.326 e. The maximum Gasteiger partial charge on any atom is 0.326 e. The summed E-state index contributed by atoms with van der Waals surface area (Å²) in [5.74, 6) is -1.16. The van der Waals surface area contributed by atoms with E-state index < -0.39 is 11.9 Å². The molecular formula is C19H19BrN2O5. The Morgan fingerprint density at radius 1 is 1.19 bits per heavy atom. The van der Waals surface area contributed by atoms with Crippen molar-refractivity contribution in [3.05, 3.63) is 45.8 Å². The van der Waals surface area contributed by atoms with Crippen molar-refractivity contribution < 1.29 is 23.5 Å². The van der Waals surface area contributed by atoms with E-state index in [1.165, 1.54) is 9.80 Å². The molecule has 0 bridgehead atoms. The van der Waals surface area contributed by atoms with Crippen LogP contribution in [0.25, 0.3) is 0 Å². The molecule has 0 saturated carbocycles. The highest BCUT2D eigenvalue weighted by atomic mass is 79.9. The van der Waals surface area contributed by atoms with Crippen LogP contribution >= 0.6 is 15.9 Å². The van der Waals surface area contributed by atoms with Gasteiger partial charge in [-0.2, -0.15) is 0 Å². The summed E-state index contributed by atoms with van der Waals surface area (Å²) in [6.07, 6.45) is 0. The molecule has 2 heterocycles. The zero-order valence-electron chi connectivity index (χ0n) is 15.2. The minimum absolute atomic E-state index is 0.123. The van der Waals surface area contributed by atoms with Gasteiger partial charge in [0, 0.05) is 0 Å². The van der Waals surface area contributed by atoms with Crippen molar-refractivity contribution in [2.45, 2.75) is 20.8 Å². The molecule has 2 aromatic rings. The summed E-state index contributed by atoms with van der Waals surface area (Å²) >= 11 is 3.18. The van der Waals surface area contributed by atoms with Crippen molar-refractivity contribution in [3.63, 3.8) is 0 Å². The summed E-state index contributed by atoms with van der Waals surface area (Å²) in [5, 5.41) is 0. The zero-order chi connectivity index (χ0) is 19.7. The monoisotopic (exact) mass is 434 g/mol. The van der Waals surface area contributed by atoms with E-state index in [0.29, 0.717) is 16.0 Å². The van der Waals surface area contributed by atoms with E-state index in [2.05, 4.69) is 15.9 Å². The Bertz CT molecular complexity index is 921. The maximum atomic E-state index is 12.9. The number of carbonyl (C=O) groups excluding carboxylic acids is 3. The fraction of sp³-hybridized carbons (Fsp3) is 0.316. The van der Waals surface area contributed by atoms with Crippen LogP contribution in [-0.4, -0.2) is 37.5 Å². The molecule has 0 fully saturated rings. The molecule has 1 aliphatic rings. The average Bonchev–Trinajstić information content (AvgIpc) is 3.05. The molecule has 27 heavy (non-hydrogen) atoms. The molecule has 2 amide bonds. The lowest BCUT2D eigenvalue weighted by Gasteiger charge is -2.36. The largest absolute Gasteiger partial charge is 0.465 e. The second-order valence-electron chi connectivity index (χ2n) is 6.21. The molecule has 0 atom stereocenters. The Labute approximate surface area is 165 Å². The van der Waals surface area contributed by atoms with Crippen LogP contribution in [0.2, 0.25) is 0 Å². The van der Waals surface area contributed by atoms with Gasteiger partial charge in [0.2, 0.25) is 5.91 Å². The number of ether oxygens (including phenoxy) is 1. The fourth-order valence-electron chi connectivity index (χ4n) is 2.91. The van der Waals surface area contributed by atoms with Crippen molar-refractivity contribution in [2.75, 3.05) is 29.5 Å². The van der Waals surface area contributed by atoms with Crippen molar-refractivity contribution in [3.8, 4) is 0 Å². The lowest BCUT2D eigenvalue weighted by Crippen LogP contribution is -2.50. The first kappa shape index (κ1) is 19.2. The second-order valence-corrected chi connectivity index (χ2v) is 6.99. The van der Waals surface area contributed by atoms with Crippen LogP contribution in [-0.2, 0) is 14.3 Å². The molecule has 7 nitrogen and oxygen atoms in total. The third-order valence-corrected chi connectivity index (χ3v) is 4.81. The number of halogens is 1. The standard InChI is InChI=1S/C19H19BrN2O5/c1-4-26-18(24)10-21-13-7-11(2)12(3)8-14(13)22(9-17(21)23)19(25)15-5-6-16(20)27-15/h5-8H,4,9-10H2,1-3H3. The summed E-state index contributed by atoms with van der Waals surface area (Å²) < 4.78 is 10.8. The molecule has 0 saturated heterocycles. The molecule has 3 rings (SSSR count). The van der Waals surface area contributed by atoms with E-state index in [9.17, 15) is 14.4 Å². The third-order valence-electron chi connectivity index (χ3n) is 4.39. The molecule has 1 aliphatic heterocycles. The Kier molecular flexibility index (Phi) is 5.36. The van der Waals surface area contributed by atoms with Gasteiger partial charge in [-0.15, -0.1) is 0 Å². The predicted molar refractivity (Wildman–Crippen MR) is 103 cm³/mol. The predicted octanol–water partition coefficient (Wildman–Crippen LogP) is 3.22. The van der Waals surface area contributed by atoms with Gasteiger partial charge in [-0.3, -0.25) is 24.2 Å². The number of benzene rings is 1. The molecule has 1 aromatic heterocycles. The lowest BCUT2D eigenvalue weighted by atomic mass is 10.0. The summed E-state index contributed by atoms with van der Waals surface area (Å²) in [6, 6.07) is 6.81. The second kappa shape index (κ2) is 7.56. The molecule has 1 aromatic carbocycles. The number of nitrogens with zero attached hydrogens (tertiary/aromatic N) is 2. The maximum absolute atomic E-state index is 12.9. The minimum Gasteiger partial charge on any atom is -0.465 e. The fourth-order valence-corrected chi connectivity index (χ4v) is 3.22. The van der Waals surface area contributed by atoms with Crippen LogP contribution in [0.3, 0.4) is 0 Å². The minimum atomic E-state index is -0.496. The molecule has 0 unspecified atom stereocenters. The first-order valence-electron chi connectivity index (χ1n) is 8.46. The highest BCUT2D eigenvalue weighted by Gasteiger charge is 2.35. The van der Waals surface area contributed by atoms with E-state index in [1.807, 2.05) is 19.9 Å². The number of aryl methyl sites for hydroxylation is 2. The van der Waals surface area contributed by atoms with Crippen LogP contribution < -0.4 is 9.80 Å². The first-order valence-corrected chi connectivity index (χ1v) is 9.25. The van der Waals surface area contributed by atoms with Crippen LogP contribution in [0.5, 0.6) is 0 Å². The summed E-state index contributed by atoms with van der Waals surface area (Å²) in [6.45, 7) is 5.39. The highest BCUT2D eigenvalue weighted by molar-refractivity contribution is 9.10. The lowest BCUT2D eigenvalue weighted by molar-refractivity contribution is -0.142. The quantitative estimate of drug-likeness (QED) is 0.690. The van der Waals surface area contributed by atoms with Crippen LogP contribution in [0.4, 0.5) is 11.4 Å². The molecular weight excluding hydrogens is 416 g/mol. The van der Waals surface area contributed by atoms with Crippen LogP contribution in [0.1, 0.15) is 28.6 Å². The van der Waals surface area contributed by atoms with Gasteiger partial charge in [0.1, 0.15) is 13.1 Å². The SMILES string of the molecule is CCOC(=O)CN1C(=O)CN(C(=O)c2ccc(Br)o2)c2cc(C)c(C)cc21. The normalized spacial score (nSPS) is 13.6. The number of hydrogen-bond acceptors (Lipinski definition) is 5. The Balaban J connectivity index is 2.03. The zero-order valence-corrected chi connectivity index (χ0v) is 16.8. The number of furan rings is 1. The van der Waals surface area contributed by atoms with Gasteiger partial charge in [0.25, 0.3) is 5.91 Å². The Morgan fingerprint density at radius 2 is 1.85 bits per heavy atom.